The van der Waals surface area contributed by atoms with Crippen LogP contribution in [0.1, 0.15) is 18.9 Å². The summed E-state index contributed by atoms with van der Waals surface area (Å²) in [7, 11) is -3.39. The van der Waals surface area contributed by atoms with Gasteiger partial charge in [-0.1, -0.05) is 19.1 Å². The van der Waals surface area contributed by atoms with E-state index in [1.165, 1.54) is 10.7 Å². The molecule has 122 valence electrons. The summed E-state index contributed by atoms with van der Waals surface area (Å²) in [5.41, 5.74) is 1.07. The molecule has 1 unspecified atom stereocenters. The summed E-state index contributed by atoms with van der Waals surface area (Å²) in [6, 6.07) is 7.39. The first kappa shape index (κ1) is 15.9. The van der Waals surface area contributed by atoms with Crippen molar-refractivity contribution in [2.75, 3.05) is 39.4 Å². The van der Waals surface area contributed by atoms with Crippen molar-refractivity contribution in [3.8, 4) is 0 Å². The zero-order valence-corrected chi connectivity index (χ0v) is 13.9. The first-order valence-electron chi connectivity index (χ1n) is 7.95. The van der Waals surface area contributed by atoms with Crippen LogP contribution in [0.15, 0.2) is 29.2 Å². The molecule has 0 aromatic heterocycles. The number of rotatable bonds is 4. The first-order chi connectivity index (χ1) is 10.6. The topological polar surface area (TPSA) is 49.9 Å². The quantitative estimate of drug-likeness (QED) is 0.843. The van der Waals surface area contributed by atoms with Gasteiger partial charge in [-0.05, 0) is 36.6 Å². The molecule has 0 amide bonds. The summed E-state index contributed by atoms with van der Waals surface area (Å²) in [6.45, 7) is 7.12. The van der Waals surface area contributed by atoms with E-state index in [-0.39, 0.29) is 0 Å². The molecule has 0 radical (unpaired) electrons. The molecule has 0 saturated carbocycles. The minimum Gasteiger partial charge on any atom is -0.379 e. The van der Waals surface area contributed by atoms with Gasteiger partial charge in [0, 0.05) is 26.2 Å². The molecule has 2 heterocycles. The predicted molar refractivity (Wildman–Crippen MR) is 85.1 cm³/mol. The lowest BCUT2D eigenvalue weighted by molar-refractivity contribution is 0.0730. The number of morpholine rings is 1. The number of sulfonamides is 1. The van der Waals surface area contributed by atoms with Gasteiger partial charge in [-0.3, -0.25) is 4.90 Å². The molecule has 0 N–H and O–H groups in total. The fraction of sp³-hybridized carbons (Fsp3) is 0.625. The Morgan fingerprint density at radius 3 is 2.68 bits per heavy atom. The second-order valence-corrected chi connectivity index (χ2v) is 8.23. The number of hydrogen-bond donors (Lipinski definition) is 0. The van der Waals surface area contributed by atoms with E-state index in [0.717, 1.165) is 31.1 Å². The minimum atomic E-state index is -3.39. The molecule has 0 spiro atoms. The Hall–Kier alpha value is -0.950. The van der Waals surface area contributed by atoms with Crippen molar-refractivity contribution in [3.63, 3.8) is 0 Å². The lowest BCUT2D eigenvalue weighted by Gasteiger charge is -2.26. The molecule has 2 fully saturated rings. The van der Waals surface area contributed by atoms with Gasteiger partial charge in [0.1, 0.15) is 0 Å². The van der Waals surface area contributed by atoms with Crippen LogP contribution in [0.2, 0.25) is 0 Å². The van der Waals surface area contributed by atoms with Gasteiger partial charge in [0.25, 0.3) is 0 Å². The highest BCUT2D eigenvalue weighted by Crippen LogP contribution is 2.21. The Morgan fingerprint density at radius 2 is 2.00 bits per heavy atom. The van der Waals surface area contributed by atoms with Crippen molar-refractivity contribution in [2.45, 2.75) is 24.8 Å². The molecule has 3 rings (SSSR count). The van der Waals surface area contributed by atoms with Crippen molar-refractivity contribution in [3.05, 3.63) is 29.8 Å². The van der Waals surface area contributed by atoms with E-state index >= 15 is 0 Å². The van der Waals surface area contributed by atoms with Gasteiger partial charge in [-0.15, -0.1) is 0 Å². The molecule has 0 aliphatic carbocycles. The molecule has 2 aliphatic rings. The van der Waals surface area contributed by atoms with Crippen LogP contribution in [-0.2, 0) is 21.3 Å². The molecule has 2 aliphatic heterocycles. The van der Waals surface area contributed by atoms with Gasteiger partial charge >= 0.3 is 0 Å². The third-order valence-electron chi connectivity index (χ3n) is 4.42. The molecule has 2 saturated heterocycles. The second-order valence-electron chi connectivity index (χ2n) is 6.29. The van der Waals surface area contributed by atoms with Crippen LogP contribution in [0.5, 0.6) is 0 Å². The van der Waals surface area contributed by atoms with Crippen LogP contribution < -0.4 is 0 Å². The molecular formula is C16H24N2O3S. The number of hydrogen-bond acceptors (Lipinski definition) is 4. The zero-order chi connectivity index (χ0) is 15.6. The average Bonchev–Trinajstić information content (AvgIpc) is 2.93. The lowest BCUT2D eigenvalue weighted by atomic mass is 10.2. The highest BCUT2D eigenvalue weighted by molar-refractivity contribution is 7.89. The summed E-state index contributed by atoms with van der Waals surface area (Å²) in [5.74, 6) is 0.736. The number of likely N-dealkylation sites (tertiary alicyclic amines) is 1. The van der Waals surface area contributed by atoms with E-state index in [1.807, 2.05) is 18.2 Å². The van der Waals surface area contributed by atoms with Crippen molar-refractivity contribution >= 4 is 10.0 Å². The lowest BCUT2D eigenvalue weighted by Crippen LogP contribution is -2.40. The van der Waals surface area contributed by atoms with Crippen molar-refractivity contribution in [2.24, 2.45) is 5.92 Å². The second kappa shape index (κ2) is 6.66. The Morgan fingerprint density at radius 1 is 1.23 bits per heavy atom. The SMILES string of the molecule is CC1CCN(Cc2cccc(S(=O)(=O)N3CCOCC3)c2)C1. The van der Waals surface area contributed by atoms with E-state index in [1.54, 1.807) is 6.07 Å². The maximum absolute atomic E-state index is 12.7. The van der Waals surface area contributed by atoms with Gasteiger partial charge in [0.15, 0.2) is 0 Å². The first-order valence-corrected chi connectivity index (χ1v) is 9.39. The number of ether oxygens (including phenoxy) is 1. The maximum atomic E-state index is 12.7. The molecule has 22 heavy (non-hydrogen) atoms. The highest BCUT2D eigenvalue weighted by atomic mass is 32.2. The van der Waals surface area contributed by atoms with Crippen molar-refractivity contribution in [1.29, 1.82) is 0 Å². The number of benzene rings is 1. The molecule has 5 nitrogen and oxygen atoms in total. The molecular weight excluding hydrogens is 300 g/mol. The van der Waals surface area contributed by atoms with Crippen LogP contribution in [0.3, 0.4) is 0 Å². The summed E-state index contributed by atoms with van der Waals surface area (Å²) >= 11 is 0. The van der Waals surface area contributed by atoms with Gasteiger partial charge in [0.2, 0.25) is 10.0 Å². The zero-order valence-electron chi connectivity index (χ0n) is 13.1. The molecule has 0 bridgehead atoms. The van der Waals surface area contributed by atoms with Crippen LogP contribution in [0, 0.1) is 5.92 Å². The van der Waals surface area contributed by atoms with Crippen LogP contribution in [-0.4, -0.2) is 57.0 Å². The van der Waals surface area contributed by atoms with Crippen LogP contribution in [0.25, 0.3) is 0 Å². The van der Waals surface area contributed by atoms with Crippen molar-refractivity contribution < 1.29 is 13.2 Å². The van der Waals surface area contributed by atoms with Gasteiger partial charge in [0.05, 0.1) is 18.1 Å². The van der Waals surface area contributed by atoms with E-state index in [0.29, 0.717) is 31.2 Å². The predicted octanol–water partition coefficient (Wildman–Crippen LogP) is 1.55. The van der Waals surface area contributed by atoms with Gasteiger partial charge in [-0.2, -0.15) is 4.31 Å². The molecule has 1 aromatic rings. The van der Waals surface area contributed by atoms with Crippen LogP contribution >= 0.6 is 0 Å². The summed E-state index contributed by atoms with van der Waals surface area (Å²) < 4.78 is 32.1. The van der Waals surface area contributed by atoms with E-state index in [9.17, 15) is 8.42 Å². The minimum absolute atomic E-state index is 0.402. The Bertz CT molecular complexity index is 612. The molecule has 1 aromatic carbocycles. The maximum Gasteiger partial charge on any atom is 0.243 e. The fourth-order valence-electron chi connectivity index (χ4n) is 3.17. The van der Waals surface area contributed by atoms with E-state index in [4.69, 9.17) is 4.74 Å². The summed E-state index contributed by atoms with van der Waals surface area (Å²) in [6.07, 6.45) is 1.23. The smallest absolute Gasteiger partial charge is 0.243 e. The summed E-state index contributed by atoms with van der Waals surface area (Å²) in [4.78, 5) is 2.80. The monoisotopic (exact) mass is 324 g/mol. The number of nitrogens with zero attached hydrogens (tertiary/aromatic N) is 2. The molecule has 1 atom stereocenters. The third-order valence-corrected chi connectivity index (χ3v) is 6.32. The fourth-order valence-corrected chi connectivity index (χ4v) is 4.65. The largest absolute Gasteiger partial charge is 0.379 e. The summed E-state index contributed by atoms with van der Waals surface area (Å²) in [5, 5.41) is 0. The Balaban J connectivity index is 1.75. The Labute approximate surface area is 132 Å². The average molecular weight is 324 g/mol. The normalized spacial score (nSPS) is 24.7. The molecule has 6 heteroatoms. The van der Waals surface area contributed by atoms with Gasteiger partial charge in [-0.25, -0.2) is 8.42 Å². The van der Waals surface area contributed by atoms with Crippen molar-refractivity contribution in [1.82, 2.24) is 9.21 Å². The van der Waals surface area contributed by atoms with Gasteiger partial charge < -0.3 is 4.74 Å². The van der Waals surface area contributed by atoms with Crippen LogP contribution in [0.4, 0.5) is 0 Å². The van der Waals surface area contributed by atoms with E-state index < -0.39 is 10.0 Å². The highest BCUT2D eigenvalue weighted by Gasteiger charge is 2.26. The Kier molecular flexibility index (Phi) is 4.82. The van der Waals surface area contributed by atoms with E-state index in [2.05, 4.69) is 11.8 Å². The standard InChI is InChI=1S/C16H24N2O3S/c1-14-5-6-17(12-14)13-15-3-2-4-16(11-15)22(19,20)18-7-9-21-10-8-18/h2-4,11,14H,5-10,12-13H2,1H3. The third kappa shape index (κ3) is 3.51.